The molecule has 9 nitrogen and oxygen atoms in total. The van der Waals surface area contributed by atoms with Gasteiger partial charge in [-0.25, -0.2) is 13.4 Å². The van der Waals surface area contributed by atoms with E-state index in [1.807, 2.05) is 0 Å². The standard InChI is InChI=1S/C11H13N5O4S/c1-15(6-10-12-7-13-14-10)8-4-3-5-9(21(2,19)20)11(8)16(17)18/h3-5,7H,6H2,1-2H3,(H,12,13,14). The Bertz CT molecular complexity index is 757. The molecule has 2 aromatic rings. The summed E-state index contributed by atoms with van der Waals surface area (Å²) in [4.78, 5) is 15.7. The van der Waals surface area contributed by atoms with Crippen molar-refractivity contribution >= 4 is 21.2 Å². The maximum Gasteiger partial charge on any atom is 0.311 e. The van der Waals surface area contributed by atoms with E-state index in [0.717, 1.165) is 6.26 Å². The summed E-state index contributed by atoms with van der Waals surface area (Å²) in [5.41, 5.74) is -0.249. The van der Waals surface area contributed by atoms with Crippen LogP contribution in [-0.2, 0) is 16.4 Å². The predicted octanol–water partition coefficient (Wildman–Crippen LogP) is 0.753. The van der Waals surface area contributed by atoms with E-state index in [1.165, 1.54) is 29.4 Å². The average molecular weight is 311 g/mol. The first kappa shape index (κ1) is 14.9. The highest BCUT2D eigenvalue weighted by atomic mass is 32.2. The van der Waals surface area contributed by atoms with Crippen molar-refractivity contribution < 1.29 is 13.3 Å². The number of nitro benzene ring substituents is 1. The SMILES string of the molecule is CN(Cc1ncn[nH]1)c1cccc(S(C)(=O)=O)c1[N+](=O)[O-]. The van der Waals surface area contributed by atoms with Crippen molar-refractivity contribution in [3.05, 3.63) is 40.5 Å². The number of nitrogens with one attached hydrogen (secondary N) is 1. The lowest BCUT2D eigenvalue weighted by molar-refractivity contribution is -0.387. The highest BCUT2D eigenvalue weighted by Gasteiger charge is 2.27. The lowest BCUT2D eigenvalue weighted by Gasteiger charge is -2.18. The van der Waals surface area contributed by atoms with Gasteiger partial charge in [0.15, 0.2) is 9.84 Å². The third kappa shape index (κ3) is 3.16. The molecule has 0 bridgehead atoms. The van der Waals surface area contributed by atoms with Gasteiger partial charge in [-0.3, -0.25) is 15.2 Å². The molecule has 21 heavy (non-hydrogen) atoms. The molecule has 0 atom stereocenters. The number of hydrogen-bond acceptors (Lipinski definition) is 7. The van der Waals surface area contributed by atoms with Crippen molar-refractivity contribution in [3.63, 3.8) is 0 Å². The van der Waals surface area contributed by atoms with Crippen LogP contribution in [0.3, 0.4) is 0 Å². The summed E-state index contributed by atoms with van der Waals surface area (Å²) in [5.74, 6) is 0.511. The third-order valence-corrected chi connectivity index (χ3v) is 3.95. The molecule has 0 radical (unpaired) electrons. The number of para-hydroxylation sites is 1. The molecule has 1 aromatic carbocycles. The third-order valence-electron chi connectivity index (χ3n) is 2.82. The molecule has 0 unspecified atom stereocenters. The number of H-pyrrole nitrogens is 1. The van der Waals surface area contributed by atoms with E-state index in [2.05, 4.69) is 15.2 Å². The molecule has 0 saturated carbocycles. The van der Waals surface area contributed by atoms with Gasteiger partial charge in [0.2, 0.25) is 0 Å². The first-order chi connectivity index (χ1) is 9.80. The number of aromatic amines is 1. The number of rotatable bonds is 5. The lowest BCUT2D eigenvalue weighted by atomic mass is 10.2. The van der Waals surface area contributed by atoms with Crippen molar-refractivity contribution in [1.29, 1.82) is 0 Å². The van der Waals surface area contributed by atoms with Crippen molar-refractivity contribution in [3.8, 4) is 0 Å². The minimum absolute atomic E-state index is 0.194. The summed E-state index contributed by atoms with van der Waals surface area (Å²) >= 11 is 0. The minimum Gasteiger partial charge on any atom is -0.361 e. The molecule has 0 amide bonds. The topological polar surface area (TPSA) is 122 Å². The molecule has 10 heteroatoms. The Morgan fingerprint density at radius 2 is 2.14 bits per heavy atom. The Balaban J connectivity index is 2.50. The van der Waals surface area contributed by atoms with Gasteiger partial charge in [-0.2, -0.15) is 5.10 Å². The Hall–Kier alpha value is -2.49. The van der Waals surface area contributed by atoms with E-state index >= 15 is 0 Å². The summed E-state index contributed by atoms with van der Waals surface area (Å²) in [7, 11) is -2.09. The molecule has 0 saturated heterocycles. The van der Waals surface area contributed by atoms with Crippen LogP contribution >= 0.6 is 0 Å². The Morgan fingerprint density at radius 1 is 1.43 bits per heavy atom. The molecule has 1 N–H and O–H groups in total. The number of aromatic nitrogens is 3. The molecule has 0 fully saturated rings. The van der Waals surface area contributed by atoms with Crippen LogP contribution in [0.4, 0.5) is 11.4 Å². The zero-order valence-electron chi connectivity index (χ0n) is 11.3. The molecular formula is C11H13N5O4S. The van der Waals surface area contributed by atoms with E-state index < -0.39 is 20.4 Å². The lowest BCUT2D eigenvalue weighted by Crippen LogP contribution is -2.19. The van der Waals surface area contributed by atoms with E-state index in [9.17, 15) is 18.5 Å². The van der Waals surface area contributed by atoms with Gasteiger partial charge in [-0.05, 0) is 12.1 Å². The highest BCUT2D eigenvalue weighted by Crippen LogP contribution is 2.34. The molecule has 0 aliphatic heterocycles. The highest BCUT2D eigenvalue weighted by molar-refractivity contribution is 7.90. The average Bonchev–Trinajstić information content (AvgIpc) is 2.89. The fourth-order valence-electron chi connectivity index (χ4n) is 1.92. The number of benzene rings is 1. The summed E-state index contributed by atoms with van der Waals surface area (Å²) in [6.07, 6.45) is 2.26. The van der Waals surface area contributed by atoms with E-state index in [-0.39, 0.29) is 17.1 Å². The predicted molar refractivity (Wildman–Crippen MR) is 74.7 cm³/mol. The van der Waals surface area contributed by atoms with Gasteiger partial charge in [0.1, 0.15) is 22.7 Å². The molecular weight excluding hydrogens is 298 g/mol. The van der Waals surface area contributed by atoms with Crippen LogP contribution in [0.15, 0.2) is 29.4 Å². The van der Waals surface area contributed by atoms with E-state index in [1.54, 1.807) is 7.05 Å². The fourth-order valence-corrected chi connectivity index (χ4v) is 2.77. The number of sulfone groups is 1. The van der Waals surface area contributed by atoms with Crippen molar-refractivity contribution in [2.45, 2.75) is 11.4 Å². The second kappa shape index (κ2) is 5.48. The second-order valence-electron chi connectivity index (χ2n) is 4.44. The zero-order chi connectivity index (χ0) is 15.6. The first-order valence-corrected chi connectivity index (χ1v) is 7.72. The summed E-state index contributed by atoms with van der Waals surface area (Å²) < 4.78 is 23.4. The van der Waals surface area contributed by atoms with Gasteiger partial charge in [0, 0.05) is 13.3 Å². The number of anilines is 1. The summed E-state index contributed by atoms with van der Waals surface area (Å²) in [5, 5.41) is 17.6. The van der Waals surface area contributed by atoms with Crippen molar-refractivity contribution in [1.82, 2.24) is 15.2 Å². The van der Waals surface area contributed by atoms with Gasteiger partial charge >= 0.3 is 5.69 Å². The summed E-state index contributed by atoms with van der Waals surface area (Å²) in [6.45, 7) is 0.230. The Labute approximate surface area is 120 Å². The quantitative estimate of drug-likeness (QED) is 0.638. The molecule has 1 heterocycles. The maximum atomic E-state index is 11.7. The number of hydrogen-bond donors (Lipinski definition) is 1. The van der Waals surface area contributed by atoms with Gasteiger partial charge in [0.05, 0.1) is 11.5 Å². The van der Waals surface area contributed by atoms with Crippen LogP contribution in [0.2, 0.25) is 0 Å². The molecule has 2 rings (SSSR count). The van der Waals surface area contributed by atoms with Gasteiger partial charge < -0.3 is 4.90 Å². The molecule has 0 spiro atoms. The number of nitrogens with zero attached hydrogens (tertiary/aromatic N) is 4. The second-order valence-corrected chi connectivity index (χ2v) is 6.43. The molecule has 0 aliphatic carbocycles. The van der Waals surface area contributed by atoms with Gasteiger partial charge in [0.25, 0.3) is 0 Å². The van der Waals surface area contributed by atoms with Crippen molar-refractivity contribution in [2.24, 2.45) is 0 Å². The van der Waals surface area contributed by atoms with Crippen LogP contribution in [0.1, 0.15) is 5.82 Å². The smallest absolute Gasteiger partial charge is 0.311 e. The fraction of sp³-hybridized carbons (Fsp3) is 0.273. The van der Waals surface area contributed by atoms with Crippen LogP contribution in [0.5, 0.6) is 0 Å². The molecule has 1 aromatic heterocycles. The molecule has 112 valence electrons. The largest absolute Gasteiger partial charge is 0.361 e. The summed E-state index contributed by atoms with van der Waals surface area (Å²) in [6, 6.07) is 4.18. The van der Waals surface area contributed by atoms with Gasteiger partial charge in [-0.15, -0.1) is 0 Å². The minimum atomic E-state index is -3.70. The molecule has 0 aliphatic rings. The van der Waals surface area contributed by atoms with Crippen LogP contribution in [0.25, 0.3) is 0 Å². The van der Waals surface area contributed by atoms with Crippen LogP contribution < -0.4 is 4.90 Å². The van der Waals surface area contributed by atoms with Gasteiger partial charge in [-0.1, -0.05) is 6.07 Å². The van der Waals surface area contributed by atoms with Crippen LogP contribution in [0, 0.1) is 10.1 Å². The van der Waals surface area contributed by atoms with E-state index in [4.69, 9.17) is 0 Å². The van der Waals surface area contributed by atoms with E-state index in [0.29, 0.717) is 5.82 Å². The maximum absolute atomic E-state index is 11.7. The van der Waals surface area contributed by atoms with Crippen LogP contribution in [-0.4, -0.2) is 41.8 Å². The normalized spacial score (nSPS) is 11.3. The Kier molecular flexibility index (Phi) is 3.89. The monoisotopic (exact) mass is 311 g/mol. The zero-order valence-corrected chi connectivity index (χ0v) is 12.2. The first-order valence-electron chi connectivity index (χ1n) is 5.83. The van der Waals surface area contributed by atoms with Crippen molar-refractivity contribution in [2.75, 3.05) is 18.2 Å². The Morgan fingerprint density at radius 3 is 2.67 bits per heavy atom. The number of nitro groups is 1.